The average Bonchev–Trinajstić information content (AvgIpc) is 2.76. The van der Waals surface area contributed by atoms with Crippen molar-refractivity contribution in [2.24, 2.45) is 12.8 Å². The van der Waals surface area contributed by atoms with Gasteiger partial charge in [-0.25, -0.2) is 5.01 Å². The molecule has 0 aliphatic rings. The topological polar surface area (TPSA) is 76.2 Å². The molecule has 0 radical (unpaired) electrons. The maximum atomic E-state index is 12.2. The van der Waals surface area contributed by atoms with Gasteiger partial charge < -0.3 is 5.73 Å². The van der Waals surface area contributed by atoms with Gasteiger partial charge in [0.2, 0.25) is 0 Å². The standard InChI is InChI=1S/C13H15N5OS/c1-9-8-11(15-17(9)2)12(19)16-18(13(14)20)10-6-4-3-5-7-10/h3-8H,1-2H3,(H2,14,20)(H,16,19). The first-order valence-electron chi connectivity index (χ1n) is 5.95. The minimum Gasteiger partial charge on any atom is -0.374 e. The largest absolute Gasteiger partial charge is 0.374 e. The smallest absolute Gasteiger partial charge is 0.290 e. The molecule has 0 aliphatic carbocycles. The van der Waals surface area contributed by atoms with Crippen molar-refractivity contribution in [1.82, 2.24) is 15.2 Å². The number of carbonyl (C=O) groups excluding carboxylic acids is 1. The monoisotopic (exact) mass is 289 g/mol. The molecule has 7 heteroatoms. The number of nitrogens with zero attached hydrogens (tertiary/aromatic N) is 3. The molecule has 0 fully saturated rings. The molecule has 2 rings (SSSR count). The van der Waals surface area contributed by atoms with Gasteiger partial charge in [-0.3, -0.25) is 14.9 Å². The Morgan fingerprint density at radius 3 is 2.55 bits per heavy atom. The number of amides is 1. The molecular formula is C13H15N5OS. The number of thiocarbonyl (C=S) groups is 1. The predicted molar refractivity (Wildman–Crippen MR) is 81.1 cm³/mol. The van der Waals surface area contributed by atoms with Gasteiger partial charge in [0, 0.05) is 12.7 Å². The molecule has 1 aromatic carbocycles. The summed E-state index contributed by atoms with van der Waals surface area (Å²) in [6, 6.07) is 10.8. The van der Waals surface area contributed by atoms with Crippen molar-refractivity contribution in [2.45, 2.75) is 6.92 Å². The van der Waals surface area contributed by atoms with E-state index in [0.717, 1.165) is 5.69 Å². The second-order valence-electron chi connectivity index (χ2n) is 4.24. The van der Waals surface area contributed by atoms with Crippen molar-refractivity contribution in [3.63, 3.8) is 0 Å². The fourth-order valence-corrected chi connectivity index (χ4v) is 1.81. The molecular weight excluding hydrogens is 274 g/mol. The highest BCUT2D eigenvalue weighted by molar-refractivity contribution is 7.80. The molecule has 1 amide bonds. The van der Waals surface area contributed by atoms with Crippen LogP contribution in [-0.2, 0) is 7.05 Å². The first-order valence-corrected chi connectivity index (χ1v) is 6.36. The van der Waals surface area contributed by atoms with Crippen molar-refractivity contribution >= 4 is 28.9 Å². The maximum Gasteiger partial charge on any atom is 0.290 e. The van der Waals surface area contributed by atoms with Crippen LogP contribution in [0, 0.1) is 6.92 Å². The van der Waals surface area contributed by atoms with E-state index in [1.54, 1.807) is 29.9 Å². The Balaban J connectivity index is 2.21. The number of benzene rings is 1. The third-order valence-corrected chi connectivity index (χ3v) is 2.98. The van der Waals surface area contributed by atoms with Gasteiger partial charge in [-0.05, 0) is 37.3 Å². The molecule has 6 nitrogen and oxygen atoms in total. The predicted octanol–water partition coefficient (Wildman–Crippen LogP) is 1.12. The lowest BCUT2D eigenvalue weighted by Gasteiger charge is -2.22. The normalized spacial score (nSPS) is 10.1. The number of hydrogen-bond acceptors (Lipinski definition) is 3. The van der Waals surface area contributed by atoms with Crippen LogP contribution in [0.2, 0.25) is 0 Å². The molecule has 0 saturated carbocycles. The Hall–Kier alpha value is -2.41. The lowest BCUT2D eigenvalue weighted by atomic mass is 10.3. The molecule has 0 spiro atoms. The van der Waals surface area contributed by atoms with Crippen LogP contribution in [-0.4, -0.2) is 20.8 Å². The van der Waals surface area contributed by atoms with Gasteiger partial charge in [-0.1, -0.05) is 18.2 Å². The van der Waals surface area contributed by atoms with Crippen molar-refractivity contribution in [1.29, 1.82) is 0 Å². The van der Waals surface area contributed by atoms with E-state index in [-0.39, 0.29) is 11.0 Å². The van der Waals surface area contributed by atoms with Crippen molar-refractivity contribution in [3.8, 4) is 0 Å². The molecule has 1 heterocycles. The van der Waals surface area contributed by atoms with Gasteiger partial charge in [0.05, 0.1) is 5.69 Å². The number of anilines is 1. The van der Waals surface area contributed by atoms with Crippen LogP contribution in [0.5, 0.6) is 0 Å². The van der Waals surface area contributed by atoms with Gasteiger partial charge in [0.15, 0.2) is 10.8 Å². The Morgan fingerprint density at radius 1 is 1.40 bits per heavy atom. The summed E-state index contributed by atoms with van der Waals surface area (Å²) in [5, 5.41) is 5.51. The van der Waals surface area contributed by atoms with E-state index in [0.29, 0.717) is 11.4 Å². The third kappa shape index (κ3) is 2.94. The number of carbonyl (C=O) groups is 1. The van der Waals surface area contributed by atoms with Crippen molar-refractivity contribution in [2.75, 3.05) is 5.01 Å². The summed E-state index contributed by atoms with van der Waals surface area (Å²) in [4.78, 5) is 12.2. The van der Waals surface area contributed by atoms with Gasteiger partial charge in [-0.15, -0.1) is 0 Å². The minimum atomic E-state index is -0.370. The summed E-state index contributed by atoms with van der Waals surface area (Å²) >= 11 is 4.96. The molecule has 0 bridgehead atoms. The highest BCUT2D eigenvalue weighted by Crippen LogP contribution is 2.11. The van der Waals surface area contributed by atoms with Crippen LogP contribution in [0.15, 0.2) is 36.4 Å². The summed E-state index contributed by atoms with van der Waals surface area (Å²) in [7, 11) is 1.77. The van der Waals surface area contributed by atoms with Crippen LogP contribution >= 0.6 is 12.2 Å². The Labute approximate surface area is 122 Å². The van der Waals surface area contributed by atoms with Gasteiger partial charge in [0.1, 0.15) is 0 Å². The zero-order chi connectivity index (χ0) is 14.7. The molecule has 0 saturated heterocycles. The zero-order valence-electron chi connectivity index (χ0n) is 11.2. The molecule has 20 heavy (non-hydrogen) atoms. The van der Waals surface area contributed by atoms with E-state index in [4.69, 9.17) is 18.0 Å². The number of para-hydroxylation sites is 1. The second kappa shape index (κ2) is 5.70. The van der Waals surface area contributed by atoms with E-state index >= 15 is 0 Å². The fraction of sp³-hybridized carbons (Fsp3) is 0.154. The summed E-state index contributed by atoms with van der Waals surface area (Å²) in [6.07, 6.45) is 0. The zero-order valence-corrected chi connectivity index (χ0v) is 12.0. The molecule has 3 N–H and O–H groups in total. The number of aryl methyl sites for hydroxylation is 2. The molecule has 2 aromatic rings. The Kier molecular flexibility index (Phi) is 3.99. The first kappa shape index (κ1) is 14.0. The lowest BCUT2D eigenvalue weighted by molar-refractivity contribution is 0.0949. The molecule has 0 unspecified atom stereocenters. The highest BCUT2D eigenvalue weighted by atomic mass is 32.1. The quantitative estimate of drug-likeness (QED) is 0.640. The number of hydrazine groups is 1. The molecule has 0 aliphatic heterocycles. The third-order valence-electron chi connectivity index (χ3n) is 2.79. The SMILES string of the molecule is Cc1cc(C(=O)NN(C(N)=S)c2ccccc2)nn1C. The number of nitrogens with two attached hydrogens (primary N) is 1. The first-order chi connectivity index (χ1) is 9.49. The number of nitrogens with one attached hydrogen (secondary N) is 1. The van der Waals surface area contributed by atoms with Crippen LogP contribution in [0.1, 0.15) is 16.2 Å². The van der Waals surface area contributed by atoms with E-state index in [1.807, 2.05) is 25.1 Å². The van der Waals surface area contributed by atoms with Gasteiger partial charge in [-0.2, -0.15) is 5.10 Å². The molecule has 1 aromatic heterocycles. The molecule has 0 atom stereocenters. The van der Waals surface area contributed by atoms with Crippen LogP contribution < -0.4 is 16.2 Å². The number of hydrogen-bond donors (Lipinski definition) is 2. The van der Waals surface area contributed by atoms with Crippen LogP contribution in [0.4, 0.5) is 5.69 Å². The highest BCUT2D eigenvalue weighted by Gasteiger charge is 2.16. The van der Waals surface area contributed by atoms with Gasteiger partial charge >= 0.3 is 0 Å². The Morgan fingerprint density at radius 2 is 2.05 bits per heavy atom. The maximum absolute atomic E-state index is 12.2. The minimum absolute atomic E-state index is 0.0530. The average molecular weight is 289 g/mol. The van der Waals surface area contributed by atoms with Crippen molar-refractivity contribution < 1.29 is 4.79 Å². The lowest BCUT2D eigenvalue weighted by Crippen LogP contribution is -2.49. The van der Waals surface area contributed by atoms with E-state index in [9.17, 15) is 4.79 Å². The van der Waals surface area contributed by atoms with Crippen LogP contribution in [0.3, 0.4) is 0 Å². The summed E-state index contributed by atoms with van der Waals surface area (Å²) in [5.74, 6) is -0.370. The fourth-order valence-electron chi connectivity index (χ4n) is 1.65. The van der Waals surface area contributed by atoms with Crippen molar-refractivity contribution in [3.05, 3.63) is 47.8 Å². The number of rotatable bonds is 2. The van der Waals surface area contributed by atoms with Gasteiger partial charge in [0.25, 0.3) is 5.91 Å². The molecule has 104 valence electrons. The van der Waals surface area contributed by atoms with Crippen LogP contribution in [0.25, 0.3) is 0 Å². The van der Waals surface area contributed by atoms with E-state index < -0.39 is 0 Å². The summed E-state index contributed by atoms with van der Waals surface area (Å²) in [6.45, 7) is 1.87. The van der Waals surface area contributed by atoms with E-state index in [1.165, 1.54) is 5.01 Å². The number of aromatic nitrogens is 2. The van der Waals surface area contributed by atoms with E-state index in [2.05, 4.69) is 10.5 Å². The summed E-state index contributed by atoms with van der Waals surface area (Å²) in [5.41, 5.74) is 10.2. The summed E-state index contributed by atoms with van der Waals surface area (Å²) < 4.78 is 1.63. The second-order valence-corrected chi connectivity index (χ2v) is 4.66. The Bertz CT molecular complexity index is 618.